The normalized spacial score (nSPS) is 22.7. The van der Waals surface area contributed by atoms with E-state index in [1.807, 2.05) is 0 Å². The van der Waals surface area contributed by atoms with Crippen molar-refractivity contribution >= 4 is 17.6 Å². The van der Waals surface area contributed by atoms with Crippen LogP contribution in [-0.2, 0) is 14.4 Å². The average Bonchev–Trinajstić information content (AvgIpc) is 2.38. The van der Waals surface area contributed by atoms with Gasteiger partial charge < -0.3 is 26.8 Å². The van der Waals surface area contributed by atoms with Crippen molar-refractivity contribution in [1.29, 1.82) is 0 Å². The van der Waals surface area contributed by atoms with Gasteiger partial charge in [0.05, 0.1) is 12.6 Å². The molecule has 0 radical (unpaired) electrons. The Balaban J connectivity index is 2.49. The molecule has 6 N–H and O–H groups in total. The van der Waals surface area contributed by atoms with Crippen LogP contribution in [0.25, 0.3) is 0 Å². The molecule has 1 rings (SSSR count). The summed E-state index contributed by atoms with van der Waals surface area (Å²) in [6, 6.07) is -0.958. The minimum Gasteiger partial charge on any atom is -0.389 e. The SMILES string of the molecule is CNCC(=O)NC1CCC1N[C@@H](CC(N)=O)C(=O)CO. The van der Waals surface area contributed by atoms with Crippen molar-refractivity contribution in [1.82, 2.24) is 16.0 Å². The molecule has 0 aliphatic heterocycles. The Kier molecular flexibility index (Phi) is 6.56. The minimum absolute atomic E-state index is 0.0716. The van der Waals surface area contributed by atoms with Crippen LogP contribution >= 0.6 is 0 Å². The van der Waals surface area contributed by atoms with Crippen molar-refractivity contribution < 1.29 is 19.5 Å². The summed E-state index contributed by atoms with van der Waals surface area (Å²) in [5, 5.41) is 17.4. The molecule has 2 amide bonds. The molecule has 1 aliphatic carbocycles. The highest BCUT2D eigenvalue weighted by Gasteiger charge is 2.35. The number of nitrogens with one attached hydrogen (secondary N) is 3. The second-order valence-electron chi connectivity index (χ2n) is 4.90. The van der Waals surface area contributed by atoms with Crippen LogP contribution in [0.15, 0.2) is 0 Å². The van der Waals surface area contributed by atoms with Crippen LogP contribution < -0.4 is 21.7 Å². The number of aliphatic hydroxyl groups is 1. The van der Waals surface area contributed by atoms with Gasteiger partial charge in [-0.15, -0.1) is 0 Å². The van der Waals surface area contributed by atoms with E-state index in [0.717, 1.165) is 12.8 Å². The van der Waals surface area contributed by atoms with Crippen molar-refractivity contribution in [3.8, 4) is 0 Å². The van der Waals surface area contributed by atoms with Crippen LogP contribution in [0.5, 0.6) is 0 Å². The fourth-order valence-electron chi connectivity index (χ4n) is 2.13. The molecule has 3 atom stereocenters. The zero-order valence-electron chi connectivity index (χ0n) is 11.5. The Morgan fingerprint density at radius 3 is 2.40 bits per heavy atom. The van der Waals surface area contributed by atoms with E-state index in [9.17, 15) is 14.4 Å². The number of rotatable bonds is 9. The predicted molar refractivity (Wildman–Crippen MR) is 71.7 cm³/mol. The lowest BCUT2D eigenvalue weighted by atomic mass is 9.85. The van der Waals surface area contributed by atoms with Crippen LogP contribution in [0.2, 0.25) is 0 Å². The molecule has 0 spiro atoms. The molecule has 1 saturated carbocycles. The number of Topliss-reactive ketones (excluding diaryl/α,β-unsaturated/α-hetero) is 1. The van der Waals surface area contributed by atoms with Gasteiger partial charge in [-0.25, -0.2) is 0 Å². The highest BCUT2D eigenvalue weighted by molar-refractivity contribution is 5.90. The van der Waals surface area contributed by atoms with Gasteiger partial charge >= 0.3 is 0 Å². The molecular formula is C12H22N4O4. The summed E-state index contributed by atoms with van der Waals surface area (Å²) >= 11 is 0. The molecule has 1 fully saturated rings. The van der Waals surface area contributed by atoms with E-state index >= 15 is 0 Å². The highest BCUT2D eigenvalue weighted by Crippen LogP contribution is 2.21. The lowest BCUT2D eigenvalue weighted by molar-refractivity contribution is -0.128. The maximum absolute atomic E-state index is 11.5. The van der Waals surface area contributed by atoms with Crippen LogP contribution in [0.1, 0.15) is 19.3 Å². The molecule has 0 saturated heterocycles. The largest absolute Gasteiger partial charge is 0.389 e. The Morgan fingerprint density at radius 2 is 1.95 bits per heavy atom. The third kappa shape index (κ3) is 4.87. The van der Waals surface area contributed by atoms with Crippen molar-refractivity contribution in [2.45, 2.75) is 37.4 Å². The number of carbonyl (C=O) groups is 3. The molecule has 0 aromatic rings. The molecule has 2 unspecified atom stereocenters. The molecule has 114 valence electrons. The van der Waals surface area contributed by atoms with Gasteiger partial charge in [-0.05, 0) is 19.9 Å². The van der Waals surface area contributed by atoms with Crippen LogP contribution in [0.3, 0.4) is 0 Å². The van der Waals surface area contributed by atoms with Crippen LogP contribution in [-0.4, -0.2) is 61.0 Å². The molecule has 20 heavy (non-hydrogen) atoms. The van der Waals surface area contributed by atoms with Crippen molar-refractivity contribution in [2.75, 3.05) is 20.2 Å². The second-order valence-corrected chi connectivity index (χ2v) is 4.90. The summed E-state index contributed by atoms with van der Waals surface area (Å²) in [6.07, 6.45) is 1.44. The summed E-state index contributed by atoms with van der Waals surface area (Å²) < 4.78 is 0. The van der Waals surface area contributed by atoms with E-state index in [0.29, 0.717) is 0 Å². The van der Waals surface area contributed by atoms with Gasteiger partial charge in [0.15, 0.2) is 5.78 Å². The van der Waals surface area contributed by atoms with Crippen molar-refractivity contribution in [3.63, 3.8) is 0 Å². The lowest BCUT2D eigenvalue weighted by Crippen LogP contribution is -2.61. The third-order valence-electron chi connectivity index (χ3n) is 3.32. The molecule has 0 aromatic heterocycles. The Bertz CT molecular complexity index is 374. The number of hydrogen-bond acceptors (Lipinski definition) is 6. The van der Waals surface area contributed by atoms with Gasteiger partial charge in [-0.1, -0.05) is 0 Å². The zero-order valence-corrected chi connectivity index (χ0v) is 11.5. The van der Waals surface area contributed by atoms with Crippen molar-refractivity contribution in [3.05, 3.63) is 0 Å². The standard InChI is InChI=1S/C12H22N4O4/c1-14-5-12(20)16-8-3-2-7(8)15-9(4-11(13)19)10(18)6-17/h7-9,14-15,17H,2-6H2,1H3,(H2,13,19)(H,16,20)/t7?,8?,9-/m0/s1. The van der Waals surface area contributed by atoms with E-state index in [1.165, 1.54) is 0 Å². The predicted octanol–water partition coefficient (Wildman–Crippen LogP) is -2.75. The third-order valence-corrected chi connectivity index (χ3v) is 3.32. The first-order chi connectivity index (χ1) is 9.47. The first-order valence-electron chi connectivity index (χ1n) is 6.59. The monoisotopic (exact) mass is 286 g/mol. The number of primary amides is 1. The van der Waals surface area contributed by atoms with Gasteiger partial charge in [0.2, 0.25) is 11.8 Å². The summed E-state index contributed by atoms with van der Waals surface area (Å²) in [6.45, 7) is -0.419. The van der Waals surface area contributed by atoms with Gasteiger partial charge in [0.1, 0.15) is 6.61 Å². The maximum atomic E-state index is 11.5. The number of likely N-dealkylation sites (N-methyl/N-ethyl adjacent to an activating group) is 1. The molecule has 8 nitrogen and oxygen atoms in total. The van der Waals surface area contributed by atoms with Gasteiger partial charge in [0.25, 0.3) is 0 Å². The smallest absolute Gasteiger partial charge is 0.234 e. The summed E-state index contributed by atoms with van der Waals surface area (Å²) in [5.74, 6) is -1.21. The van der Waals surface area contributed by atoms with E-state index in [-0.39, 0.29) is 31.0 Å². The van der Waals surface area contributed by atoms with Crippen molar-refractivity contribution in [2.24, 2.45) is 5.73 Å². The number of ketones is 1. The fraction of sp³-hybridized carbons (Fsp3) is 0.750. The zero-order chi connectivity index (χ0) is 15.1. The van der Waals surface area contributed by atoms with Gasteiger partial charge in [-0.2, -0.15) is 0 Å². The molecule has 8 heteroatoms. The number of carbonyl (C=O) groups excluding carboxylic acids is 3. The first kappa shape index (κ1) is 16.5. The molecule has 0 bridgehead atoms. The summed E-state index contributed by atoms with van der Waals surface area (Å²) in [7, 11) is 1.68. The maximum Gasteiger partial charge on any atom is 0.234 e. The Hall–Kier alpha value is -1.51. The lowest BCUT2D eigenvalue weighted by Gasteiger charge is -2.39. The van der Waals surface area contributed by atoms with Crippen LogP contribution in [0.4, 0.5) is 0 Å². The highest BCUT2D eigenvalue weighted by atomic mass is 16.3. The molecule has 0 aromatic carbocycles. The van der Waals surface area contributed by atoms with E-state index < -0.39 is 24.3 Å². The van der Waals surface area contributed by atoms with Gasteiger partial charge in [0, 0.05) is 18.5 Å². The topological polar surface area (TPSA) is 134 Å². The number of nitrogens with two attached hydrogens (primary N) is 1. The average molecular weight is 286 g/mol. The van der Waals surface area contributed by atoms with Gasteiger partial charge in [-0.3, -0.25) is 14.4 Å². The van der Waals surface area contributed by atoms with E-state index in [4.69, 9.17) is 10.8 Å². The Labute approximate surface area is 117 Å². The first-order valence-corrected chi connectivity index (χ1v) is 6.59. The molecule has 0 heterocycles. The van der Waals surface area contributed by atoms with E-state index in [1.54, 1.807) is 7.05 Å². The number of aliphatic hydroxyl groups excluding tert-OH is 1. The quantitative estimate of drug-likeness (QED) is 0.312. The summed E-state index contributed by atoms with van der Waals surface area (Å²) in [4.78, 5) is 33.9. The molecule has 1 aliphatic rings. The second kappa shape index (κ2) is 7.93. The van der Waals surface area contributed by atoms with E-state index in [2.05, 4.69) is 16.0 Å². The molecular weight excluding hydrogens is 264 g/mol. The number of hydrogen-bond donors (Lipinski definition) is 5. The Morgan fingerprint density at radius 1 is 1.30 bits per heavy atom. The minimum atomic E-state index is -0.800. The van der Waals surface area contributed by atoms with Crippen LogP contribution in [0, 0.1) is 0 Å². The fourth-order valence-corrected chi connectivity index (χ4v) is 2.13. The number of amides is 2. The summed E-state index contributed by atoms with van der Waals surface area (Å²) in [5.41, 5.74) is 5.09.